The van der Waals surface area contributed by atoms with Crippen molar-refractivity contribution in [3.8, 4) is 0 Å². The zero-order chi connectivity index (χ0) is 13.9. The molecule has 1 saturated heterocycles. The molecule has 2 aromatic rings. The minimum Gasteiger partial charge on any atom is -0.312 e. The fourth-order valence-electron chi connectivity index (χ4n) is 2.28. The van der Waals surface area contributed by atoms with Gasteiger partial charge >= 0.3 is 0 Å². The Morgan fingerprint density at radius 3 is 3.10 bits per heavy atom. The summed E-state index contributed by atoms with van der Waals surface area (Å²) in [6.07, 6.45) is 0.516. The van der Waals surface area contributed by atoms with E-state index >= 15 is 0 Å². The van der Waals surface area contributed by atoms with E-state index < -0.39 is 0 Å². The van der Waals surface area contributed by atoms with Crippen molar-refractivity contribution in [2.45, 2.75) is 19.4 Å². The van der Waals surface area contributed by atoms with Crippen molar-refractivity contribution < 1.29 is 4.79 Å². The molecule has 1 aliphatic heterocycles. The van der Waals surface area contributed by atoms with E-state index in [0.29, 0.717) is 11.6 Å². The van der Waals surface area contributed by atoms with Crippen LogP contribution in [0.4, 0.5) is 5.13 Å². The van der Waals surface area contributed by atoms with Gasteiger partial charge in [0, 0.05) is 30.5 Å². The number of thioether (sulfide) groups is 1. The first kappa shape index (κ1) is 16.5. The molecule has 1 aliphatic rings. The highest BCUT2D eigenvalue weighted by Crippen LogP contribution is 2.28. The Morgan fingerprint density at radius 2 is 2.38 bits per heavy atom. The van der Waals surface area contributed by atoms with Gasteiger partial charge in [-0.2, -0.15) is 11.8 Å². The molecular formula is C14H18ClN3OS2. The summed E-state index contributed by atoms with van der Waals surface area (Å²) in [6, 6.07) is 6.38. The molecule has 0 radical (unpaired) electrons. The van der Waals surface area contributed by atoms with Gasteiger partial charge in [0.05, 0.1) is 10.2 Å². The van der Waals surface area contributed by atoms with Gasteiger partial charge in [-0.05, 0) is 18.6 Å². The molecule has 0 aliphatic carbocycles. The highest BCUT2D eigenvalue weighted by molar-refractivity contribution is 7.99. The van der Waals surface area contributed by atoms with Crippen molar-refractivity contribution in [3.63, 3.8) is 0 Å². The van der Waals surface area contributed by atoms with Crippen molar-refractivity contribution in [3.05, 3.63) is 23.8 Å². The zero-order valence-electron chi connectivity index (χ0n) is 11.7. The van der Waals surface area contributed by atoms with Crippen LogP contribution in [0.1, 0.15) is 12.0 Å². The fourth-order valence-corrected chi connectivity index (χ4v) is 4.19. The molecule has 2 N–H and O–H groups in total. The smallest absolute Gasteiger partial charge is 0.227 e. The van der Waals surface area contributed by atoms with E-state index in [4.69, 9.17) is 0 Å². The van der Waals surface area contributed by atoms with Crippen LogP contribution in [0.25, 0.3) is 10.2 Å². The lowest BCUT2D eigenvalue weighted by atomic mass is 10.2. The maximum atomic E-state index is 12.0. The second kappa shape index (κ2) is 7.45. The normalized spacial score (nSPS) is 18.2. The summed E-state index contributed by atoms with van der Waals surface area (Å²) >= 11 is 3.43. The molecule has 2 heterocycles. The molecule has 4 nitrogen and oxygen atoms in total. The molecule has 21 heavy (non-hydrogen) atoms. The number of hydrogen-bond donors (Lipinski definition) is 2. The number of hydrogen-bond acceptors (Lipinski definition) is 5. The number of para-hydroxylation sites is 1. The van der Waals surface area contributed by atoms with Crippen LogP contribution in [-0.2, 0) is 4.79 Å². The van der Waals surface area contributed by atoms with Crippen molar-refractivity contribution >= 4 is 56.8 Å². The second-order valence-electron chi connectivity index (χ2n) is 4.92. The summed E-state index contributed by atoms with van der Waals surface area (Å²) < 4.78 is 1.12. The predicted molar refractivity (Wildman–Crippen MR) is 94.0 cm³/mol. The number of halogens is 1. The second-order valence-corrected chi connectivity index (χ2v) is 7.10. The number of nitrogens with zero attached hydrogens (tertiary/aromatic N) is 1. The molecule has 1 aromatic heterocycles. The SMILES string of the molecule is Cc1cccc2sc(NC(=O)CC3CSCCN3)nc12.Cl. The van der Waals surface area contributed by atoms with Gasteiger partial charge in [0.2, 0.25) is 5.91 Å². The number of fused-ring (bicyclic) bond motifs is 1. The van der Waals surface area contributed by atoms with Crippen LogP contribution in [0.5, 0.6) is 0 Å². The summed E-state index contributed by atoms with van der Waals surface area (Å²) in [7, 11) is 0. The summed E-state index contributed by atoms with van der Waals surface area (Å²) in [5, 5.41) is 6.99. The van der Waals surface area contributed by atoms with Crippen LogP contribution in [0.15, 0.2) is 18.2 Å². The van der Waals surface area contributed by atoms with Gasteiger partial charge in [0.15, 0.2) is 5.13 Å². The van der Waals surface area contributed by atoms with Crippen LogP contribution in [0.3, 0.4) is 0 Å². The van der Waals surface area contributed by atoms with Crippen molar-refractivity contribution in [2.24, 2.45) is 0 Å². The first-order valence-electron chi connectivity index (χ1n) is 6.69. The van der Waals surface area contributed by atoms with E-state index in [0.717, 1.165) is 33.8 Å². The summed E-state index contributed by atoms with van der Waals surface area (Å²) in [5.41, 5.74) is 2.13. The zero-order valence-corrected chi connectivity index (χ0v) is 14.2. The standard InChI is InChI=1S/C14H17N3OS2.ClH/c1-9-3-2-4-11-13(9)17-14(20-11)16-12(18)7-10-8-19-6-5-15-10;/h2-4,10,15H,5-8H2,1H3,(H,16,17,18);1H. The number of amides is 1. The van der Waals surface area contributed by atoms with Crippen LogP contribution in [-0.4, -0.2) is 35.0 Å². The Morgan fingerprint density at radius 1 is 1.52 bits per heavy atom. The number of aryl methyl sites for hydroxylation is 1. The fraction of sp³-hybridized carbons (Fsp3) is 0.429. The van der Waals surface area contributed by atoms with Gasteiger partial charge in [-0.25, -0.2) is 4.98 Å². The summed E-state index contributed by atoms with van der Waals surface area (Å²) in [4.78, 5) is 16.6. The van der Waals surface area contributed by atoms with Gasteiger partial charge in [-0.15, -0.1) is 12.4 Å². The molecule has 1 amide bonds. The summed E-state index contributed by atoms with van der Waals surface area (Å²) in [5.74, 6) is 2.18. The Labute approximate surface area is 138 Å². The van der Waals surface area contributed by atoms with E-state index in [1.165, 1.54) is 11.3 Å². The minimum atomic E-state index is 0. The van der Waals surface area contributed by atoms with Gasteiger partial charge in [-0.3, -0.25) is 4.79 Å². The minimum absolute atomic E-state index is 0. The first-order chi connectivity index (χ1) is 9.72. The third kappa shape index (κ3) is 4.10. The molecule has 1 atom stereocenters. The Kier molecular flexibility index (Phi) is 5.87. The number of benzene rings is 1. The molecular weight excluding hydrogens is 326 g/mol. The lowest BCUT2D eigenvalue weighted by molar-refractivity contribution is -0.116. The van der Waals surface area contributed by atoms with E-state index in [-0.39, 0.29) is 24.4 Å². The number of nitrogens with one attached hydrogen (secondary N) is 2. The van der Waals surface area contributed by atoms with E-state index in [9.17, 15) is 4.79 Å². The van der Waals surface area contributed by atoms with Crippen molar-refractivity contribution in [1.29, 1.82) is 0 Å². The lowest BCUT2D eigenvalue weighted by Crippen LogP contribution is -2.39. The number of anilines is 1. The van der Waals surface area contributed by atoms with E-state index in [1.807, 2.05) is 36.9 Å². The molecule has 1 fully saturated rings. The van der Waals surface area contributed by atoms with Crippen molar-refractivity contribution in [1.82, 2.24) is 10.3 Å². The van der Waals surface area contributed by atoms with Gasteiger partial charge in [0.1, 0.15) is 0 Å². The van der Waals surface area contributed by atoms with E-state index in [1.54, 1.807) is 0 Å². The number of aromatic nitrogens is 1. The molecule has 0 spiro atoms. The number of thiazole rings is 1. The summed E-state index contributed by atoms with van der Waals surface area (Å²) in [6.45, 7) is 3.03. The maximum Gasteiger partial charge on any atom is 0.227 e. The van der Waals surface area contributed by atoms with Gasteiger partial charge < -0.3 is 10.6 Å². The van der Waals surface area contributed by atoms with Crippen LogP contribution >= 0.6 is 35.5 Å². The lowest BCUT2D eigenvalue weighted by Gasteiger charge is -2.22. The topological polar surface area (TPSA) is 54.0 Å². The van der Waals surface area contributed by atoms with Crippen molar-refractivity contribution in [2.75, 3.05) is 23.4 Å². The quantitative estimate of drug-likeness (QED) is 0.899. The highest BCUT2D eigenvalue weighted by atomic mass is 35.5. The van der Waals surface area contributed by atoms with Gasteiger partial charge in [-0.1, -0.05) is 23.5 Å². The molecule has 3 rings (SSSR count). The number of rotatable bonds is 3. The maximum absolute atomic E-state index is 12.0. The van der Waals surface area contributed by atoms with Crippen LogP contribution < -0.4 is 10.6 Å². The first-order valence-corrected chi connectivity index (χ1v) is 8.66. The molecule has 114 valence electrons. The molecule has 0 bridgehead atoms. The molecule has 1 aromatic carbocycles. The van der Waals surface area contributed by atoms with E-state index in [2.05, 4.69) is 15.6 Å². The Bertz CT molecular complexity index is 626. The molecule has 7 heteroatoms. The van der Waals surface area contributed by atoms with Crippen LogP contribution in [0, 0.1) is 6.92 Å². The third-order valence-electron chi connectivity index (χ3n) is 3.30. The largest absolute Gasteiger partial charge is 0.312 e. The average Bonchev–Trinajstić information content (AvgIpc) is 2.83. The monoisotopic (exact) mass is 343 g/mol. The third-order valence-corrected chi connectivity index (χ3v) is 5.36. The van der Waals surface area contributed by atoms with Gasteiger partial charge in [0.25, 0.3) is 0 Å². The molecule has 1 unspecified atom stereocenters. The number of carbonyl (C=O) groups is 1. The Hall–Kier alpha value is -0.820. The molecule has 0 saturated carbocycles. The Balaban J connectivity index is 0.00000161. The average molecular weight is 344 g/mol. The van der Waals surface area contributed by atoms with Crippen LogP contribution in [0.2, 0.25) is 0 Å². The number of carbonyl (C=O) groups excluding carboxylic acids is 1. The highest BCUT2D eigenvalue weighted by Gasteiger charge is 2.17. The predicted octanol–water partition coefficient (Wildman–Crippen LogP) is 3.06.